The Bertz CT molecular complexity index is 145. The van der Waals surface area contributed by atoms with E-state index in [1.54, 1.807) is 0 Å². The molecule has 2 atom stereocenters. The summed E-state index contributed by atoms with van der Waals surface area (Å²) in [6.45, 7) is 8.29. The third-order valence-electron chi connectivity index (χ3n) is 2.80. The highest BCUT2D eigenvalue weighted by atomic mass is 15.2. The molecule has 0 unspecified atom stereocenters. The Morgan fingerprint density at radius 3 is 3.08 bits per heavy atom. The van der Waals surface area contributed by atoms with Crippen molar-refractivity contribution in [1.82, 2.24) is 4.90 Å². The van der Waals surface area contributed by atoms with Crippen molar-refractivity contribution < 1.29 is 0 Å². The minimum atomic E-state index is 0.378. The Kier molecular flexibility index (Phi) is 3.76. The first-order valence-corrected chi connectivity index (χ1v) is 4.86. The SMILES string of the molecule is C=CCCN1CCC[C@@H](N)[C@H]1C. The first-order chi connectivity index (χ1) is 5.75. The molecule has 70 valence electrons. The summed E-state index contributed by atoms with van der Waals surface area (Å²) in [5.74, 6) is 0. The molecule has 1 rings (SSSR count). The van der Waals surface area contributed by atoms with Gasteiger partial charge in [0.25, 0.3) is 0 Å². The minimum absolute atomic E-state index is 0.378. The third-order valence-corrected chi connectivity index (χ3v) is 2.80. The van der Waals surface area contributed by atoms with Gasteiger partial charge in [-0.15, -0.1) is 6.58 Å². The molecule has 0 aromatic heterocycles. The summed E-state index contributed by atoms with van der Waals surface area (Å²) >= 11 is 0. The van der Waals surface area contributed by atoms with Crippen molar-refractivity contribution in [3.8, 4) is 0 Å². The van der Waals surface area contributed by atoms with E-state index in [0.29, 0.717) is 12.1 Å². The van der Waals surface area contributed by atoms with E-state index < -0.39 is 0 Å². The van der Waals surface area contributed by atoms with Gasteiger partial charge < -0.3 is 5.73 Å². The van der Waals surface area contributed by atoms with Crippen LogP contribution in [-0.2, 0) is 0 Å². The maximum absolute atomic E-state index is 5.97. The average Bonchev–Trinajstić information content (AvgIpc) is 2.08. The molecule has 1 fully saturated rings. The van der Waals surface area contributed by atoms with Gasteiger partial charge in [-0.25, -0.2) is 0 Å². The lowest BCUT2D eigenvalue weighted by atomic mass is 9.98. The molecule has 0 bridgehead atoms. The molecule has 0 amide bonds. The summed E-state index contributed by atoms with van der Waals surface area (Å²) in [5, 5.41) is 0. The number of hydrogen-bond acceptors (Lipinski definition) is 2. The topological polar surface area (TPSA) is 29.3 Å². The number of likely N-dealkylation sites (tertiary alicyclic amines) is 1. The number of hydrogen-bond donors (Lipinski definition) is 1. The Labute approximate surface area is 75.4 Å². The summed E-state index contributed by atoms with van der Waals surface area (Å²) < 4.78 is 0. The van der Waals surface area contributed by atoms with E-state index in [1.807, 2.05) is 6.08 Å². The molecule has 0 radical (unpaired) electrons. The van der Waals surface area contributed by atoms with Crippen molar-refractivity contribution in [1.29, 1.82) is 0 Å². The Hall–Kier alpha value is -0.340. The molecular weight excluding hydrogens is 148 g/mol. The summed E-state index contributed by atoms with van der Waals surface area (Å²) in [6, 6.07) is 0.933. The van der Waals surface area contributed by atoms with Crippen LogP contribution in [-0.4, -0.2) is 30.1 Å². The Morgan fingerprint density at radius 2 is 2.42 bits per heavy atom. The molecule has 0 saturated carbocycles. The fourth-order valence-electron chi connectivity index (χ4n) is 1.82. The molecule has 2 N–H and O–H groups in total. The summed E-state index contributed by atoms with van der Waals surface area (Å²) in [7, 11) is 0. The number of nitrogens with zero attached hydrogens (tertiary/aromatic N) is 1. The molecule has 1 heterocycles. The van der Waals surface area contributed by atoms with Gasteiger partial charge >= 0.3 is 0 Å². The first-order valence-electron chi connectivity index (χ1n) is 4.86. The highest BCUT2D eigenvalue weighted by Crippen LogP contribution is 2.15. The predicted octanol–water partition coefficient (Wildman–Crippen LogP) is 1.37. The van der Waals surface area contributed by atoms with Gasteiger partial charge in [0.05, 0.1) is 0 Å². The van der Waals surface area contributed by atoms with Crippen LogP contribution in [0.3, 0.4) is 0 Å². The molecule has 0 aliphatic carbocycles. The van der Waals surface area contributed by atoms with Crippen LogP contribution in [0.1, 0.15) is 26.2 Å². The molecular formula is C10H20N2. The van der Waals surface area contributed by atoms with E-state index in [4.69, 9.17) is 5.73 Å². The highest BCUT2D eigenvalue weighted by Gasteiger charge is 2.23. The van der Waals surface area contributed by atoms with Crippen molar-refractivity contribution in [2.75, 3.05) is 13.1 Å². The van der Waals surface area contributed by atoms with Crippen LogP contribution in [0.25, 0.3) is 0 Å². The van der Waals surface area contributed by atoms with Gasteiger partial charge in [-0.05, 0) is 32.7 Å². The monoisotopic (exact) mass is 168 g/mol. The predicted molar refractivity (Wildman–Crippen MR) is 53.1 cm³/mol. The van der Waals surface area contributed by atoms with Crippen molar-refractivity contribution in [2.45, 2.75) is 38.3 Å². The first kappa shape index (κ1) is 9.75. The quantitative estimate of drug-likeness (QED) is 0.645. The summed E-state index contributed by atoms with van der Waals surface area (Å²) in [6.07, 6.45) is 5.50. The zero-order valence-electron chi connectivity index (χ0n) is 8.00. The van der Waals surface area contributed by atoms with Gasteiger partial charge in [0.1, 0.15) is 0 Å². The molecule has 1 aliphatic rings. The van der Waals surface area contributed by atoms with Crippen molar-refractivity contribution in [2.24, 2.45) is 5.73 Å². The molecule has 1 aliphatic heterocycles. The van der Waals surface area contributed by atoms with E-state index in [2.05, 4.69) is 18.4 Å². The fraction of sp³-hybridized carbons (Fsp3) is 0.800. The van der Waals surface area contributed by atoms with Gasteiger partial charge in [-0.1, -0.05) is 6.08 Å². The normalized spacial score (nSPS) is 31.8. The van der Waals surface area contributed by atoms with E-state index in [1.165, 1.54) is 19.4 Å². The number of nitrogens with two attached hydrogens (primary N) is 1. The van der Waals surface area contributed by atoms with Crippen LogP contribution >= 0.6 is 0 Å². The largest absolute Gasteiger partial charge is 0.326 e. The fourth-order valence-corrected chi connectivity index (χ4v) is 1.82. The van der Waals surface area contributed by atoms with E-state index >= 15 is 0 Å². The minimum Gasteiger partial charge on any atom is -0.326 e. The lowest BCUT2D eigenvalue weighted by Crippen LogP contribution is -2.50. The summed E-state index contributed by atoms with van der Waals surface area (Å²) in [5.41, 5.74) is 5.97. The van der Waals surface area contributed by atoms with Gasteiger partial charge in [-0.2, -0.15) is 0 Å². The Morgan fingerprint density at radius 1 is 1.67 bits per heavy atom. The third kappa shape index (κ3) is 2.32. The van der Waals surface area contributed by atoms with Gasteiger partial charge in [0.2, 0.25) is 0 Å². The highest BCUT2D eigenvalue weighted by molar-refractivity contribution is 4.84. The molecule has 12 heavy (non-hydrogen) atoms. The number of rotatable bonds is 3. The van der Waals surface area contributed by atoms with Crippen LogP contribution in [0.4, 0.5) is 0 Å². The molecule has 0 aromatic carbocycles. The number of piperidine rings is 1. The van der Waals surface area contributed by atoms with Crippen LogP contribution in [0, 0.1) is 0 Å². The second kappa shape index (κ2) is 4.63. The van der Waals surface area contributed by atoms with Gasteiger partial charge in [0.15, 0.2) is 0 Å². The van der Waals surface area contributed by atoms with Crippen LogP contribution in [0.15, 0.2) is 12.7 Å². The molecule has 1 saturated heterocycles. The average molecular weight is 168 g/mol. The van der Waals surface area contributed by atoms with E-state index in [0.717, 1.165) is 13.0 Å². The van der Waals surface area contributed by atoms with Crippen molar-refractivity contribution in [3.05, 3.63) is 12.7 Å². The van der Waals surface area contributed by atoms with Crippen molar-refractivity contribution >= 4 is 0 Å². The lowest BCUT2D eigenvalue weighted by molar-refractivity contribution is 0.143. The van der Waals surface area contributed by atoms with Crippen LogP contribution in [0.2, 0.25) is 0 Å². The second-order valence-electron chi connectivity index (χ2n) is 3.66. The van der Waals surface area contributed by atoms with Gasteiger partial charge in [0, 0.05) is 18.6 Å². The molecule has 2 nitrogen and oxygen atoms in total. The lowest BCUT2D eigenvalue weighted by Gasteiger charge is -2.37. The van der Waals surface area contributed by atoms with Crippen molar-refractivity contribution in [3.63, 3.8) is 0 Å². The summed E-state index contributed by atoms with van der Waals surface area (Å²) in [4.78, 5) is 2.47. The zero-order chi connectivity index (χ0) is 8.97. The Balaban J connectivity index is 2.35. The maximum Gasteiger partial charge on any atom is 0.0219 e. The maximum atomic E-state index is 5.97. The smallest absolute Gasteiger partial charge is 0.0219 e. The van der Waals surface area contributed by atoms with E-state index in [-0.39, 0.29) is 0 Å². The van der Waals surface area contributed by atoms with Crippen LogP contribution < -0.4 is 5.73 Å². The molecule has 0 aromatic rings. The van der Waals surface area contributed by atoms with Crippen LogP contribution in [0.5, 0.6) is 0 Å². The van der Waals surface area contributed by atoms with Gasteiger partial charge in [-0.3, -0.25) is 4.90 Å². The molecule has 2 heteroatoms. The zero-order valence-corrected chi connectivity index (χ0v) is 8.00. The molecule has 0 spiro atoms. The standard InChI is InChI=1S/C10H20N2/c1-3-4-7-12-8-5-6-10(11)9(12)2/h3,9-10H,1,4-8,11H2,2H3/t9-,10-/m1/s1. The second-order valence-corrected chi connectivity index (χ2v) is 3.66. The van der Waals surface area contributed by atoms with E-state index in [9.17, 15) is 0 Å².